The summed E-state index contributed by atoms with van der Waals surface area (Å²) in [5, 5.41) is 0. The maximum atomic E-state index is 12.9. The normalized spacial score (nSPS) is 11.1. The predicted molar refractivity (Wildman–Crippen MR) is 111 cm³/mol. The van der Waals surface area contributed by atoms with Crippen molar-refractivity contribution in [1.82, 2.24) is 0 Å². The van der Waals surface area contributed by atoms with Crippen LogP contribution in [0.3, 0.4) is 0 Å². The van der Waals surface area contributed by atoms with Crippen LogP contribution in [-0.2, 0) is 10.0 Å². The Bertz CT molecular complexity index is 1140. The van der Waals surface area contributed by atoms with Gasteiger partial charge in [-0.25, -0.2) is 8.42 Å². The molecule has 0 saturated carbocycles. The number of hydrogen-bond donors (Lipinski definition) is 1. The largest absolute Gasteiger partial charge is 0.295 e. The first-order chi connectivity index (χ1) is 13.3. The van der Waals surface area contributed by atoms with Gasteiger partial charge in [-0.1, -0.05) is 58.4 Å². The lowest BCUT2D eigenvalue weighted by atomic mass is 10.0. The zero-order valence-corrected chi connectivity index (χ0v) is 17.2. The highest BCUT2D eigenvalue weighted by atomic mass is 79.9. The molecule has 0 aliphatic carbocycles. The summed E-state index contributed by atoms with van der Waals surface area (Å²) in [7, 11) is -3.94. The van der Waals surface area contributed by atoms with Crippen molar-refractivity contribution in [2.45, 2.75) is 11.8 Å². The Balaban J connectivity index is 1.98. The van der Waals surface area contributed by atoms with E-state index in [4.69, 9.17) is 0 Å². The Kier molecular flexibility index (Phi) is 5.76. The molecule has 0 radical (unpaired) electrons. The van der Waals surface area contributed by atoms with E-state index in [9.17, 15) is 18.0 Å². The SMILES string of the molecule is CC(=O)c1ccc(S(=O)(=O)Nc2ccc(Br)cc2C(=O)c2ccccc2)cc1. The summed E-state index contributed by atoms with van der Waals surface area (Å²) in [5.41, 5.74) is 1.27. The van der Waals surface area contributed by atoms with Gasteiger partial charge in [0.25, 0.3) is 10.0 Å². The zero-order valence-electron chi connectivity index (χ0n) is 14.8. The molecule has 0 aliphatic heterocycles. The molecule has 0 atom stereocenters. The fraction of sp³-hybridized carbons (Fsp3) is 0.0476. The first kappa shape index (κ1) is 20.0. The number of hydrogen-bond acceptors (Lipinski definition) is 4. The standard InChI is InChI=1S/C21H16BrNO4S/c1-14(24)15-7-10-18(11-8-15)28(26,27)23-20-12-9-17(22)13-19(20)21(25)16-5-3-2-4-6-16/h2-13,23H,1H3. The Morgan fingerprint density at radius 3 is 2.11 bits per heavy atom. The lowest BCUT2D eigenvalue weighted by Gasteiger charge is -2.13. The first-order valence-electron chi connectivity index (χ1n) is 8.31. The number of Topliss-reactive ketones (excluding diaryl/α,β-unsaturated/α-hetero) is 1. The second-order valence-corrected chi connectivity index (χ2v) is 8.67. The van der Waals surface area contributed by atoms with Gasteiger partial charge >= 0.3 is 0 Å². The second-order valence-electron chi connectivity index (χ2n) is 6.07. The summed E-state index contributed by atoms with van der Waals surface area (Å²) in [5.74, 6) is -0.452. The molecule has 1 N–H and O–H groups in total. The van der Waals surface area contributed by atoms with Crippen molar-refractivity contribution in [2.24, 2.45) is 0 Å². The molecule has 0 fully saturated rings. The van der Waals surface area contributed by atoms with Gasteiger partial charge in [-0.15, -0.1) is 0 Å². The van der Waals surface area contributed by atoms with Gasteiger partial charge < -0.3 is 0 Å². The van der Waals surface area contributed by atoms with Crippen molar-refractivity contribution in [3.8, 4) is 0 Å². The summed E-state index contributed by atoms with van der Waals surface area (Å²) < 4.78 is 28.6. The lowest BCUT2D eigenvalue weighted by Crippen LogP contribution is -2.16. The Morgan fingerprint density at radius 2 is 1.50 bits per heavy atom. The molecule has 0 aliphatic rings. The zero-order chi connectivity index (χ0) is 20.3. The highest BCUT2D eigenvalue weighted by molar-refractivity contribution is 9.10. The van der Waals surface area contributed by atoms with Gasteiger partial charge in [0.05, 0.1) is 10.6 Å². The molecular weight excluding hydrogens is 442 g/mol. The third kappa shape index (κ3) is 4.37. The minimum Gasteiger partial charge on any atom is -0.295 e. The molecule has 0 amide bonds. The summed E-state index contributed by atoms with van der Waals surface area (Å²) in [6, 6.07) is 19.0. The quantitative estimate of drug-likeness (QED) is 0.544. The second kappa shape index (κ2) is 8.08. The summed E-state index contributed by atoms with van der Waals surface area (Å²) in [6.45, 7) is 1.41. The van der Waals surface area contributed by atoms with Gasteiger partial charge in [0.15, 0.2) is 11.6 Å². The molecule has 3 rings (SSSR count). The third-order valence-corrected chi connectivity index (χ3v) is 5.95. The van der Waals surface area contributed by atoms with Crippen LogP contribution in [0.15, 0.2) is 82.2 Å². The van der Waals surface area contributed by atoms with E-state index in [0.717, 1.165) is 0 Å². The van der Waals surface area contributed by atoms with Gasteiger partial charge in [-0.05, 0) is 37.3 Å². The van der Waals surface area contributed by atoms with Crippen molar-refractivity contribution in [3.05, 3.63) is 94.0 Å². The molecule has 28 heavy (non-hydrogen) atoms. The van der Waals surface area contributed by atoms with Crippen molar-refractivity contribution in [3.63, 3.8) is 0 Å². The van der Waals surface area contributed by atoms with Gasteiger partial charge in [-0.2, -0.15) is 0 Å². The number of carbonyl (C=O) groups is 2. The molecule has 0 heterocycles. The summed E-state index contributed by atoms with van der Waals surface area (Å²) in [4.78, 5) is 24.2. The highest BCUT2D eigenvalue weighted by Crippen LogP contribution is 2.26. The van der Waals surface area contributed by atoms with Crippen molar-refractivity contribution in [2.75, 3.05) is 4.72 Å². The molecule has 0 aromatic heterocycles. The molecule has 142 valence electrons. The van der Waals surface area contributed by atoms with Crippen LogP contribution in [0.1, 0.15) is 33.2 Å². The number of carbonyl (C=O) groups excluding carboxylic acids is 2. The van der Waals surface area contributed by atoms with Crippen LogP contribution in [-0.4, -0.2) is 20.0 Å². The van der Waals surface area contributed by atoms with E-state index in [1.54, 1.807) is 42.5 Å². The number of sulfonamides is 1. The van der Waals surface area contributed by atoms with E-state index in [2.05, 4.69) is 20.7 Å². The number of benzene rings is 3. The summed E-state index contributed by atoms with van der Waals surface area (Å²) >= 11 is 3.32. The fourth-order valence-electron chi connectivity index (χ4n) is 2.61. The number of nitrogens with one attached hydrogen (secondary N) is 1. The molecule has 3 aromatic carbocycles. The van der Waals surface area contributed by atoms with E-state index in [0.29, 0.717) is 15.6 Å². The van der Waals surface area contributed by atoms with Crippen LogP contribution < -0.4 is 4.72 Å². The number of halogens is 1. The van der Waals surface area contributed by atoms with Crippen molar-refractivity contribution in [1.29, 1.82) is 0 Å². The number of anilines is 1. The average Bonchev–Trinajstić information content (AvgIpc) is 2.69. The molecular formula is C21H16BrNO4S. The minimum absolute atomic E-state index is 0.00136. The van der Waals surface area contributed by atoms with E-state index in [1.807, 2.05) is 0 Å². The molecule has 7 heteroatoms. The predicted octanol–water partition coefficient (Wildman–Crippen LogP) is 4.68. The Hall–Kier alpha value is -2.77. The van der Waals surface area contributed by atoms with Crippen LogP contribution in [0.4, 0.5) is 5.69 Å². The third-order valence-electron chi connectivity index (χ3n) is 4.08. The molecule has 0 spiro atoms. The van der Waals surface area contributed by atoms with Crippen LogP contribution in [0.2, 0.25) is 0 Å². The maximum Gasteiger partial charge on any atom is 0.261 e. The van der Waals surface area contributed by atoms with Crippen molar-refractivity contribution >= 4 is 43.2 Å². The van der Waals surface area contributed by atoms with E-state index >= 15 is 0 Å². The minimum atomic E-state index is -3.94. The van der Waals surface area contributed by atoms with Gasteiger partial charge in [0.1, 0.15) is 0 Å². The lowest BCUT2D eigenvalue weighted by molar-refractivity contribution is 0.101. The number of ketones is 2. The first-order valence-corrected chi connectivity index (χ1v) is 10.6. The topological polar surface area (TPSA) is 80.3 Å². The summed E-state index contributed by atoms with van der Waals surface area (Å²) in [6.07, 6.45) is 0. The average molecular weight is 458 g/mol. The van der Waals surface area contributed by atoms with Crippen LogP contribution in [0, 0.1) is 0 Å². The van der Waals surface area contributed by atoms with Gasteiger partial charge in [0, 0.05) is 21.2 Å². The smallest absolute Gasteiger partial charge is 0.261 e. The highest BCUT2D eigenvalue weighted by Gasteiger charge is 2.20. The van der Waals surface area contributed by atoms with Crippen LogP contribution >= 0.6 is 15.9 Å². The van der Waals surface area contributed by atoms with Crippen LogP contribution in [0.25, 0.3) is 0 Å². The van der Waals surface area contributed by atoms with E-state index in [1.165, 1.54) is 37.3 Å². The maximum absolute atomic E-state index is 12.9. The van der Waals surface area contributed by atoms with E-state index < -0.39 is 10.0 Å². The Labute approximate surface area is 171 Å². The molecule has 5 nitrogen and oxygen atoms in total. The van der Waals surface area contributed by atoms with Gasteiger partial charge in [0.2, 0.25) is 0 Å². The number of rotatable bonds is 6. The van der Waals surface area contributed by atoms with Crippen molar-refractivity contribution < 1.29 is 18.0 Å². The fourth-order valence-corrected chi connectivity index (χ4v) is 4.05. The Morgan fingerprint density at radius 1 is 0.857 bits per heavy atom. The van der Waals surface area contributed by atoms with Gasteiger partial charge in [-0.3, -0.25) is 14.3 Å². The van der Waals surface area contributed by atoms with E-state index in [-0.39, 0.29) is 27.7 Å². The monoisotopic (exact) mass is 457 g/mol. The molecule has 3 aromatic rings. The van der Waals surface area contributed by atoms with Crippen LogP contribution in [0.5, 0.6) is 0 Å². The molecule has 0 unspecified atom stereocenters. The molecule has 0 bridgehead atoms. The molecule has 0 saturated heterocycles.